The van der Waals surface area contributed by atoms with Gasteiger partial charge in [-0.2, -0.15) is 0 Å². The molecule has 164 valence electrons. The van der Waals surface area contributed by atoms with Crippen molar-refractivity contribution in [2.45, 2.75) is 13.8 Å². The number of hydrogen-bond acceptors (Lipinski definition) is 4. The van der Waals surface area contributed by atoms with Crippen LogP contribution in [-0.4, -0.2) is 23.5 Å². The molecule has 6 nitrogen and oxygen atoms in total. The zero-order chi connectivity index (χ0) is 23.1. The van der Waals surface area contributed by atoms with E-state index in [2.05, 4.69) is 31.9 Å². The summed E-state index contributed by atoms with van der Waals surface area (Å²) in [5, 5.41) is 8.56. The molecule has 0 saturated heterocycles. The Hall–Kier alpha value is -3.23. The summed E-state index contributed by atoms with van der Waals surface area (Å²) >= 11 is 8.65. The maximum atomic E-state index is 12.7. The topological polar surface area (TPSA) is 79.5 Å². The van der Waals surface area contributed by atoms with Crippen molar-refractivity contribution in [3.8, 4) is 5.75 Å². The van der Waals surface area contributed by atoms with Gasteiger partial charge in [0.25, 0.3) is 11.8 Å². The molecule has 0 heterocycles. The van der Waals surface area contributed by atoms with E-state index in [1.807, 2.05) is 38.1 Å². The molecule has 0 atom stereocenters. The first-order valence-corrected chi connectivity index (χ1v) is 11.1. The smallest absolute Gasteiger partial charge is 0.261 e. The van der Waals surface area contributed by atoms with Gasteiger partial charge in [0.1, 0.15) is 5.75 Å². The number of thiocarbonyl (C=S) groups is 1. The maximum Gasteiger partial charge on any atom is 0.261 e. The second-order valence-corrected chi connectivity index (χ2v) is 8.21. The normalized spacial score (nSPS) is 10.2. The molecule has 0 saturated carbocycles. The summed E-state index contributed by atoms with van der Waals surface area (Å²) < 4.78 is 6.27. The summed E-state index contributed by atoms with van der Waals surface area (Å²) in [4.78, 5) is 25.3. The predicted octanol–water partition coefficient (Wildman–Crippen LogP) is 5.54. The molecule has 0 unspecified atom stereocenters. The van der Waals surface area contributed by atoms with Gasteiger partial charge < -0.3 is 15.4 Å². The van der Waals surface area contributed by atoms with Crippen LogP contribution < -0.4 is 20.7 Å². The Labute approximate surface area is 200 Å². The predicted molar refractivity (Wildman–Crippen MR) is 135 cm³/mol. The first-order chi connectivity index (χ1) is 15.4. The molecule has 8 heteroatoms. The Morgan fingerprint density at radius 3 is 2.38 bits per heavy atom. The molecule has 0 bridgehead atoms. The number of carbonyl (C=O) groups excluding carboxylic acids is 2. The van der Waals surface area contributed by atoms with Gasteiger partial charge in [0.05, 0.1) is 12.2 Å². The molecule has 3 aromatic rings. The van der Waals surface area contributed by atoms with Crippen LogP contribution in [0.1, 0.15) is 33.2 Å². The van der Waals surface area contributed by atoms with Crippen molar-refractivity contribution in [2.24, 2.45) is 0 Å². The van der Waals surface area contributed by atoms with Crippen LogP contribution in [0.4, 0.5) is 11.4 Å². The van der Waals surface area contributed by atoms with Crippen LogP contribution in [0.15, 0.2) is 71.2 Å². The van der Waals surface area contributed by atoms with Crippen molar-refractivity contribution in [1.82, 2.24) is 5.32 Å². The number of benzene rings is 3. The highest BCUT2D eigenvalue weighted by molar-refractivity contribution is 9.10. The summed E-state index contributed by atoms with van der Waals surface area (Å²) in [7, 11) is 0. The standard InChI is InChI=1S/C24H22BrN3O3S/c1-3-31-21-11-10-17(25)14-20(21)23(30)28-24(32)27-19-9-5-7-16(13-19)22(29)26-18-8-4-6-15(2)12-18/h4-14H,3H2,1-2H3,(H,26,29)(H2,27,28,30,32). The Kier molecular flexibility index (Phi) is 7.97. The monoisotopic (exact) mass is 511 g/mol. The number of rotatable bonds is 6. The first kappa shape index (κ1) is 23.4. The lowest BCUT2D eigenvalue weighted by Gasteiger charge is -2.13. The van der Waals surface area contributed by atoms with Crippen molar-refractivity contribution in [3.05, 3.63) is 87.9 Å². The van der Waals surface area contributed by atoms with Crippen molar-refractivity contribution >= 4 is 56.4 Å². The van der Waals surface area contributed by atoms with E-state index in [1.165, 1.54) is 0 Å². The highest BCUT2D eigenvalue weighted by atomic mass is 79.9. The van der Waals surface area contributed by atoms with E-state index in [4.69, 9.17) is 17.0 Å². The highest BCUT2D eigenvalue weighted by Gasteiger charge is 2.15. The summed E-state index contributed by atoms with van der Waals surface area (Å²) in [6.07, 6.45) is 0. The molecule has 32 heavy (non-hydrogen) atoms. The van der Waals surface area contributed by atoms with E-state index in [-0.39, 0.29) is 11.0 Å². The van der Waals surface area contributed by atoms with Gasteiger partial charge in [0.15, 0.2) is 5.11 Å². The SMILES string of the molecule is CCOc1ccc(Br)cc1C(=O)NC(=S)Nc1cccc(C(=O)Nc2cccc(C)c2)c1. The van der Waals surface area contributed by atoms with Gasteiger partial charge in [0.2, 0.25) is 0 Å². The van der Waals surface area contributed by atoms with E-state index in [0.29, 0.717) is 29.2 Å². The summed E-state index contributed by atoms with van der Waals surface area (Å²) in [5.41, 5.74) is 3.16. The molecule has 0 aromatic heterocycles. The van der Waals surface area contributed by atoms with Gasteiger partial charge >= 0.3 is 0 Å². The molecular formula is C24H22BrN3O3S. The number of halogens is 1. The molecule has 0 aliphatic heterocycles. The molecule has 0 fully saturated rings. The van der Waals surface area contributed by atoms with Crippen LogP contribution in [0.25, 0.3) is 0 Å². The van der Waals surface area contributed by atoms with E-state index in [0.717, 1.165) is 15.7 Å². The Morgan fingerprint density at radius 1 is 0.938 bits per heavy atom. The van der Waals surface area contributed by atoms with E-state index >= 15 is 0 Å². The van der Waals surface area contributed by atoms with Crippen molar-refractivity contribution < 1.29 is 14.3 Å². The fraction of sp³-hybridized carbons (Fsp3) is 0.125. The number of anilines is 2. The molecule has 2 amide bonds. The molecule has 0 radical (unpaired) electrons. The zero-order valence-electron chi connectivity index (χ0n) is 17.6. The Morgan fingerprint density at radius 2 is 1.66 bits per heavy atom. The van der Waals surface area contributed by atoms with Gasteiger partial charge in [-0.1, -0.05) is 34.1 Å². The minimum Gasteiger partial charge on any atom is -0.493 e. The third-order valence-electron chi connectivity index (χ3n) is 4.37. The van der Waals surface area contributed by atoms with Crippen LogP contribution >= 0.6 is 28.1 Å². The zero-order valence-corrected chi connectivity index (χ0v) is 20.0. The summed E-state index contributed by atoms with van der Waals surface area (Å²) in [6, 6.07) is 19.6. The van der Waals surface area contributed by atoms with Crippen molar-refractivity contribution in [3.63, 3.8) is 0 Å². The van der Waals surface area contributed by atoms with Gasteiger partial charge in [-0.05, 0) is 80.2 Å². The number of carbonyl (C=O) groups is 2. The van der Waals surface area contributed by atoms with Gasteiger partial charge in [-0.25, -0.2) is 0 Å². The largest absolute Gasteiger partial charge is 0.493 e. The number of amides is 2. The average Bonchev–Trinajstić information content (AvgIpc) is 2.75. The quantitative estimate of drug-likeness (QED) is 0.379. The lowest BCUT2D eigenvalue weighted by atomic mass is 10.1. The number of nitrogens with one attached hydrogen (secondary N) is 3. The fourth-order valence-corrected chi connectivity index (χ4v) is 3.53. The maximum absolute atomic E-state index is 12.7. The van der Waals surface area contributed by atoms with Crippen molar-refractivity contribution in [2.75, 3.05) is 17.2 Å². The second-order valence-electron chi connectivity index (χ2n) is 6.89. The summed E-state index contributed by atoms with van der Waals surface area (Å²) in [5.74, 6) is -0.184. The van der Waals surface area contributed by atoms with Crippen molar-refractivity contribution in [1.29, 1.82) is 0 Å². The van der Waals surface area contributed by atoms with Crippen LogP contribution in [0, 0.1) is 6.92 Å². The molecule has 0 aliphatic rings. The molecular weight excluding hydrogens is 490 g/mol. The molecule has 3 rings (SSSR count). The van der Waals surface area contributed by atoms with E-state index in [9.17, 15) is 9.59 Å². The number of ether oxygens (including phenoxy) is 1. The van der Waals surface area contributed by atoms with Gasteiger partial charge in [-0.3, -0.25) is 14.9 Å². The lowest BCUT2D eigenvalue weighted by molar-refractivity contribution is 0.0972. The van der Waals surface area contributed by atoms with Gasteiger partial charge in [-0.15, -0.1) is 0 Å². The number of hydrogen-bond donors (Lipinski definition) is 3. The summed E-state index contributed by atoms with van der Waals surface area (Å²) in [6.45, 7) is 4.24. The minimum absolute atomic E-state index is 0.105. The van der Waals surface area contributed by atoms with Crippen LogP contribution in [0.3, 0.4) is 0 Å². The molecule has 0 spiro atoms. The third-order valence-corrected chi connectivity index (χ3v) is 5.07. The van der Waals surface area contributed by atoms with Crippen LogP contribution in [-0.2, 0) is 0 Å². The first-order valence-electron chi connectivity index (χ1n) is 9.88. The van der Waals surface area contributed by atoms with Gasteiger partial charge in [0, 0.05) is 21.4 Å². The van der Waals surface area contributed by atoms with Crippen LogP contribution in [0.5, 0.6) is 5.75 Å². The molecule has 3 N–H and O–H groups in total. The highest BCUT2D eigenvalue weighted by Crippen LogP contribution is 2.23. The van der Waals surface area contributed by atoms with E-state index < -0.39 is 5.91 Å². The molecule has 3 aromatic carbocycles. The van der Waals surface area contributed by atoms with E-state index in [1.54, 1.807) is 42.5 Å². The Bertz CT molecular complexity index is 1170. The van der Waals surface area contributed by atoms with Crippen LogP contribution in [0.2, 0.25) is 0 Å². The Balaban J connectivity index is 1.66. The lowest BCUT2D eigenvalue weighted by Crippen LogP contribution is -2.34. The average molecular weight is 512 g/mol. The third kappa shape index (κ3) is 6.38. The number of aryl methyl sites for hydroxylation is 1. The fourth-order valence-electron chi connectivity index (χ4n) is 2.96. The minimum atomic E-state index is -0.402. The molecule has 0 aliphatic carbocycles. The second kappa shape index (κ2) is 10.9.